The molecule has 23 heavy (non-hydrogen) atoms. The summed E-state index contributed by atoms with van der Waals surface area (Å²) in [6.45, 7) is 0. The van der Waals surface area contributed by atoms with Crippen LogP contribution in [-0.4, -0.2) is 8.42 Å². The van der Waals surface area contributed by atoms with Crippen molar-refractivity contribution >= 4 is 15.7 Å². The molecule has 0 aromatic heterocycles. The van der Waals surface area contributed by atoms with Crippen LogP contribution in [0, 0.1) is 40.7 Å². The lowest BCUT2D eigenvalue weighted by Crippen LogP contribution is -2.17. The lowest BCUT2D eigenvalue weighted by atomic mass is 10.2. The van der Waals surface area contributed by atoms with Crippen molar-refractivity contribution in [3.8, 4) is 0 Å². The van der Waals surface area contributed by atoms with E-state index in [1.54, 1.807) is 0 Å². The summed E-state index contributed by atoms with van der Waals surface area (Å²) < 4.78 is 116. The van der Waals surface area contributed by atoms with Gasteiger partial charge >= 0.3 is 0 Å². The van der Waals surface area contributed by atoms with Gasteiger partial charge in [0.1, 0.15) is 5.69 Å². The standard InChI is InChI=1S/C12H4F7NO2S/c13-5-2-1-4(3-6(5)14)23(21,22)20-12-10(18)8(16)7(15)9(17)11(12)19/h1-3,20H. The van der Waals surface area contributed by atoms with Gasteiger partial charge in [0.25, 0.3) is 10.0 Å². The smallest absolute Gasteiger partial charge is 0.262 e. The number of rotatable bonds is 3. The summed E-state index contributed by atoms with van der Waals surface area (Å²) in [7, 11) is -4.94. The first-order valence-corrected chi connectivity index (χ1v) is 7.04. The summed E-state index contributed by atoms with van der Waals surface area (Å²) in [5.41, 5.74) is -1.84. The molecule has 11 heteroatoms. The zero-order chi connectivity index (χ0) is 17.5. The van der Waals surface area contributed by atoms with E-state index in [-0.39, 0.29) is 6.07 Å². The Labute approximate surface area is 124 Å². The number of hydrogen-bond acceptors (Lipinski definition) is 2. The van der Waals surface area contributed by atoms with Crippen molar-refractivity contribution < 1.29 is 39.2 Å². The molecule has 0 aliphatic carbocycles. The molecule has 2 aromatic carbocycles. The number of sulfonamides is 1. The zero-order valence-electron chi connectivity index (χ0n) is 10.6. The number of anilines is 1. The van der Waals surface area contributed by atoms with Crippen LogP contribution in [0.25, 0.3) is 0 Å². The second-order valence-electron chi connectivity index (χ2n) is 4.13. The van der Waals surface area contributed by atoms with Gasteiger partial charge in [-0.2, -0.15) is 0 Å². The largest absolute Gasteiger partial charge is 0.274 e. The average molecular weight is 359 g/mol. The van der Waals surface area contributed by atoms with Gasteiger partial charge in [0, 0.05) is 0 Å². The fourth-order valence-electron chi connectivity index (χ4n) is 1.53. The Bertz CT molecular complexity index is 870. The van der Waals surface area contributed by atoms with E-state index in [9.17, 15) is 39.2 Å². The lowest BCUT2D eigenvalue weighted by molar-refractivity contribution is 0.382. The van der Waals surface area contributed by atoms with Gasteiger partial charge in [-0.1, -0.05) is 0 Å². The quantitative estimate of drug-likeness (QED) is 0.518. The highest BCUT2D eigenvalue weighted by Crippen LogP contribution is 2.29. The summed E-state index contributed by atoms with van der Waals surface area (Å²) in [6.07, 6.45) is 0. The van der Waals surface area contributed by atoms with Crippen molar-refractivity contribution in [3.63, 3.8) is 0 Å². The molecule has 0 saturated carbocycles. The molecule has 0 heterocycles. The van der Waals surface area contributed by atoms with Crippen molar-refractivity contribution in [2.24, 2.45) is 0 Å². The van der Waals surface area contributed by atoms with Crippen molar-refractivity contribution in [1.82, 2.24) is 0 Å². The highest BCUT2D eigenvalue weighted by atomic mass is 32.2. The van der Waals surface area contributed by atoms with Gasteiger partial charge in [-0.3, -0.25) is 4.72 Å². The number of halogens is 7. The summed E-state index contributed by atoms with van der Waals surface area (Å²) in [6, 6.07) is 1.11. The van der Waals surface area contributed by atoms with E-state index in [0.29, 0.717) is 12.1 Å². The minimum Gasteiger partial charge on any atom is -0.274 e. The first-order chi connectivity index (χ1) is 10.6. The predicted molar refractivity (Wildman–Crippen MR) is 63.4 cm³/mol. The van der Waals surface area contributed by atoms with Gasteiger partial charge in [-0.15, -0.1) is 0 Å². The molecule has 0 aliphatic heterocycles. The monoisotopic (exact) mass is 359 g/mol. The third-order valence-corrected chi connectivity index (χ3v) is 3.99. The molecule has 0 bridgehead atoms. The minimum absolute atomic E-state index is 0.170. The topological polar surface area (TPSA) is 46.2 Å². The van der Waals surface area contributed by atoms with Gasteiger partial charge in [0.15, 0.2) is 34.9 Å². The molecule has 0 radical (unpaired) electrons. The highest BCUT2D eigenvalue weighted by molar-refractivity contribution is 7.92. The number of benzene rings is 2. The predicted octanol–water partition coefficient (Wildman–Crippen LogP) is 3.46. The molecule has 0 saturated heterocycles. The molecule has 0 fully saturated rings. The fourth-order valence-corrected chi connectivity index (χ4v) is 2.60. The molecule has 0 aliphatic rings. The van der Waals surface area contributed by atoms with Crippen molar-refractivity contribution in [2.75, 3.05) is 4.72 Å². The molecule has 0 spiro atoms. The van der Waals surface area contributed by atoms with Crippen molar-refractivity contribution in [2.45, 2.75) is 4.90 Å². The van der Waals surface area contributed by atoms with Crippen LogP contribution < -0.4 is 4.72 Å². The van der Waals surface area contributed by atoms with E-state index in [1.165, 1.54) is 0 Å². The fraction of sp³-hybridized carbons (Fsp3) is 0. The second-order valence-corrected chi connectivity index (χ2v) is 5.81. The van der Waals surface area contributed by atoms with E-state index in [1.807, 2.05) is 0 Å². The maximum Gasteiger partial charge on any atom is 0.262 e. The van der Waals surface area contributed by atoms with Crippen LogP contribution in [0.2, 0.25) is 0 Å². The molecule has 0 amide bonds. The maximum absolute atomic E-state index is 13.4. The van der Waals surface area contributed by atoms with Crippen molar-refractivity contribution in [1.29, 1.82) is 0 Å². The maximum atomic E-state index is 13.4. The highest BCUT2D eigenvalue weighted by Gasteiger charge is 2.29. The molecule has 2 aromatic rings. The zero-order valence-corrected chi connectivity index (χ0v) is 11.4. The van der Waals surface area contributed by atoms with Gasteiger partial charge < -0.3 is 0 Å². The average Bonchev–Trinajstić information content (AvgIpc) is 2.50. The van der Waals surface area contributed by atoms with Crippen LogP contribution in [-0.2, 0) is 10.0 Å². The van der Waals surface area contributed by atoms with E-state index < -0.39 is 61.3 Å². The van der Waals surface area contributed by atoms with Crippen LogP contribution in [0.5, 0.6) is 0 Å². The summed E-state index contributed by atoms with van der Waals surface area (Å²) in [5.74, 6) is -15.1. The Balaban J connectivity index is 2.56. The molecule has 0 atom stereocenters. The van der Waals surface area contributed by atoms with E-state index in [0.717, 1.165) is 4.72 Å². The third-order valence-electron chi connectivity index (χ3n) is 2.65. The molecular weight excluding hydrogens is 355 g/mol. The van der Waals surface area contributed by atoms with E-state index in [4.69, 9.17) is 0 Å². The second kappa shape index (κ2) is 5.72. The Morgan fingerprint density at radius 2 is 1.17 bits per heavy atom. The summed E-state index contributed by atoms with van der Waals surface area (Å²) in [4.78, 5) is -0.986. The van der Waals surface area contributed by atoms with Gasteiger partial charge in [-0.05, 0) is 18.2 Å². The van der Waals surface area contributed by atoms with Crippen LogP contribution in [0.3, 0.4) is 0 Å². The molecule has 124 valence electrons. The molecule has 1 N–H and O–H groups in total. The van der Waals surface area contributed by atoms with Gasteiger partial charge in [-0.25, -0.2) is 39.2 Å². The molecule has 3 nitrogen and oxygen atoms in total. The van der Waals surface area contributed by atoms with Gasteiger partial charge in [0.05, 0.1) is 4.90 Å². The lowest BCUT2D eigenvalue weighted by Gasteiger charge is -2.11. The number of hydrogen-bond donors (Lipinski definition) is 1. The molecule has 2 rings (SSSR count). The van der Waals surface area contributed by atoms with Gasteiger partial charge in [0.2, 0.25) is 5.82 Å². The van der Waals surface area contributed by atoms with E-state index in [2.05, 4.69) is 0 Å². The minimum atomic E-state index is -4.94. The third kappa shape index (κ3) is 2.96. The van der Waals surface area contributed by atoms with Crippen LogP contribution >= 0.6 is 0 Å². The first-order valence-electron chi connectivity index (χ1n) is 5.55. The van der Waals surface area contributed by atoms with E-state index >= 15 is 0 Å². The first kappa shape index (κ1) is 17.1. The van der Waals surface area contributed by atoms with Crippen LogP contribution in [0.4, 0.5) is 36.4 Å². The van der Waals surface area contributed by atoms with Crippen molar-refractivity contribution in [3.05, 3.63) is 58.9 Å². The summed E-state index contributed by atoms with van der Waals surface area (Å²) in [5, 5.41) is 0. The Hall–Kier alpha value is -2.30. The summed E-state index contributed by atoms with van der Waals surface area (Å²) >= 11 is 0. The SMILES string of the molecule is O=S(=O)(Nc1c(F)c(F)c(F)c(F)c1F)c1ccc(F)c(F)c1. The molecule has 0 unspecified atom stereocenters. The van der Waals surface area contributed by atoms with Crippen LogP contribution in [0.1, 0.15) is 0 Å². The Morgan fingerprint density at radius 3 is 1.65 bits per heavy atom. The Kier molecular flexibility index (Phi) is 4.24. The Morgan fingerprint density at radius 1 is 0.696 bits per heavy atom. The normalized spacial score (nSPS) is 11.6. The van der Waals surface area contributed by atoms with Crippen LogP contribution in [0.15, 0.2) is 23.1 Å². The number of nitrogens with one attached hydrogen (secondary N) is 1. The molecular formula is C12H4F7NO2S.